The molecule has 16 atom stereocenters. The van der Waals surface area contributed by atoms with Gasteiger partial charge in [-0.3, -0.25) is 47.0 Å². The minimum atomic E-state index is -6.36. The van der Waals surface area contributed by atoms with E-state index in [9.17, 15) is 75.9 Å². The number of fused-ring (bicyclic) bond motifs is 3. The highest BCUT2D eigenvalue weighted by Gasteiger charge is 2.54. The van der Waals surface area contributed by atoms with E-state index in [0.717, 1.165) is 46.1 Å². The van der Waals surface area contributed by atoms with Gasteiger partial charge in [0.05, 0.1) is 52.2 Å². The summed E-state index contributed by atoms with van der Waals surface area (Å²) in [5.74, 6) is -2.69. The van der Waals surface area contributed by atoms with Crippen molar-refractivity contribution in [2.75, 3.05) is 50.7 Å². The zero-order chi connectivity index (χ0) is 58.2. The molecule has 39 nitrogen and oxygen atoms in total. The summed E-state index contributed by atoms with van der Waals surface area (Å²) in [7, 11) is -21.9. The van der Waals surface area contributed by atoms with E-state index >= 15 is 0 Å². The second-order valence-corrected chi connectivity index (χ2v) is 23.4. The van der Waals surface area contributed by atoms with Gasteiger partial charge in [-0.15, -0.1) is 13.2 Å². The van der Waals surface area contributed by atoms with E-state index in [1.807, 2.05) is 0 Å². The Bertz CT molecular complexity index is 3630. The first kappa shape index (κ1) is 59.3. The lowest BCUT2D eigenvalue weighted by Gasteiger charge is -2.31. The topological polar surface area (TPSA) is 554 Å². The first-order valence-corrected chi connectivity index (χ1v) is 28.3. The van der Waals surface area contributed by atoms with Gasteiger partial charge in [-0.1, -0.05) is 0 Å². The van der Waals surface area contributed by atoms with Crippen LogP contribution in [0.15, 0.2) is 34.9 Å². The van der Waals surface area contributed by atoms with Crippen LogP contribution < -0.4 is 37.8 Å². The first-order valence-electron chi connectivity index (χ1n) is 22.3. The number of methoxy groups -OCH3 is 1. The van der Waals surface area contributed by atoms with E-state index in [1.54, 1.807) is 0 Å². The molecule has 0 aromatic carbocycles. The number of nitrogen functional groups attached to an aromatic ring is 3. The Morgan fingerprint density at radius 1 is 0.700 bits per heavy atom. The second-order valence-electron chi connectivity index (χ2n) is 17.4. The molecule has 3 aliphatic heterocycles. The van der Waals surface area contributed by atoms with Crippen LogP contribution >= 0.6 is 31.3 Å². The summed E-state index contributed by atoms with van der Waals surface area (Å²) >= 11 is 0. The van der Waals surface area contributed by atoms with Crippen molar-refractivity contribution in [2.24, 2.45) is 13.0 Å². The molecule has 3 fully saturated rings. The molecule has 4 unspecified atom stereocenters. The summed E-state index contributed by atoms with van der Waals surface area (Å²) in [5.41, 5.74) is 14.8. The highest BCUT2D eigenvalue weighted by atomic mass is 31.3. The van der Waals surface area contributed by atoms with Gasteiger partial charge in [0, 0.05) is 13.0 Å². The van der Waals surface area contributed by atoms with Gasteiger partial charge >= 0.3 is 35.4 Å². The predicted octanol–water partition coefficient (Wildman–Crippen LogP) is -3.55. The highest BCUT2D eigenvalue weighted by molar-refractivity contribution is 7.66. The fourth-order valence-corrected chi connectivity index (χ4v) is 13.2. The highest BCUT2D eigenvalue weighted by Crippen LogP contribution is 2.68. The lowest BCUT2D eigenvalue weighted by atomic mass is 9.99. The normalized spacial score (nSPS) is 29.6. The second kappa shape index (κ2) is 22.1. The Labute approximate surface area is 440 Å². The van der Waals surface area contributed by atoms with Gasteiger partial charge in [-0.05, 0) is 0 Å². The summed E-state index contributed by atoms with van der Waals surface area (Å²) in [6.07, 6.45) is -20.7. The first-order chi connectivity index (χ1) is 37.3. The van der Waals surface area contributed by atoms with E-state index in [-0.39, 0.29) is 45.3 Å². The molecule has 46 heteroatoms. The van der Waals surface area contributed by atoms with Crippen molar-refractivity contribution in [1.29, 1.82) is 0 Å². The molecule has 0 bridgehead atoms. The molecule has 0 amide bonds. The number of hydrogen-bond donors (Lipinski definition) is 11. The number of H-pyrrole nitrogens is 2. The molecule has 6 aromatic heterocycles. The molecule has 9 rings (SSSR count). The molecule has 0 radical (unpaired) electrons. The molecule has 14 N–H and O–H groups in total. The maximum Gasteiger partial charge on any atom is 0.522 e. The fourth-order valence-electron chi connectivity index (χ4n) is 8.77. The summed E-state index contributed by atoms with van der Waals surface area (Å²) in [4.78, 5) is 98.3. The van der Waals surface area contributed by atoms with Crippen molar-refractivity contribution in [3.05, 3.63) is 46.0 Å². The van der Waals surface area contributed by atoms with Gasteiger partial charge in [-0.2, -0.15) is 23.2 Å². The van der Waals surface area contributed by atoms with Crippen LogP contribution in [-0.4, -0.2) is 172 Å². The van der Waals surface area contributed by atoms with Gasteiger partial charge in [0.15, 0.2) is 35.1 Å². The molecule has 9 heterocycles. The minimum Gasteiger partial charge on any atom is -0.756 e. The third kappa shape index (κ3) is 12.4. The SMILES string of the molecule is CO[C@@H]1[C@H](OP(=O)([O-])OC[C@H]2O[C@@H](n3cnc4c(=O)[nH]c(N)nc43)[C@H](O)[C@@H]2O)[C@@H](COP(=O)(O)OP(=O)(O)OP(=O)(O)OC[C@H]2O[C@@H](n3c[n+](C)c4c(=O)[nH]c(N)nc43)[C@H](O)[C@@H]2COC(F)(F)F)O[C@H]1n1cnc2c(N)ncnc21. The Hall–Kier alpha value is -5.36. The number of aromatic amines is 2. The summed E-state index contributed by atoms with van der Waals surface area (Å²) < 4.78 is 152. The summed E-state index contributed by atoms with van der Waals surface area (Å²) in [6, 6.07) is 0. The quantitative estimate of drug-likeness (QED) is 0.0245. The van der Waals surface area contributed by atoms with Crippen molar-refractivity contribution in [2.45, 2.75) is 73.9 Å². The van der Waals surface area contributed by atoms with Gasteiger partial charge in [0.1, 0.15) is 54.6 Å². The van der Waals surface area contributed by atoms with E-state index in [1.165, 1.54) is 11.6 Å². The molecule has 3 saturated heterocycles. The molecular formula is C34H44F3N15O24P4. The van der Waals surface area contributed by atoms with E-state index < -0.39 is 155 Å². The Balaban J connectivity index is 0.877. The number of phosphoric ester groups is 3. The van der Waals surface area contributed by atoms with Crippen LogP contribution in [-0.2, 0) is 75.7 Å². The van der Waals surface area contributed by atoms with Crippen LogP contribution in [0.25, 0.3) is 33.5 Å². The van der Waals surface area contributed by atoms with Crippen LogP contribution in [0.2, 0.25) is 0 Å². The van der Waals surface area contributed by atoms with E-state index in [0.29, 0.717) is 0 Å². The molecule has 6 aromatic rings. The van der Waals surface area contributed by atoms with Crippen molar-refractivity contribution in [3.63, 3.8) is 0 Å². The largest absolute Gasteiger partial charge is 0.756 e. The third-order valence-corrected chi connectivity index (χ3v) is 17.4. The lowest BCUT2D eigenvalue weighted by molar-refractivity contribution is -0.646. The fraction of sp³-hybridized carbons (Fsp3) is 0.559. The average Bonchev–Trinajstić information content (AvgIpc) is 4.42. The van der Waals surface area contributed by atoms with Crippen LogP contribution in [0.5, 0.6) is 0 Å². The number of aryl methyl sites for hydroxylation is 1. The molecule has 440 valence electrons. The predicted molar refractivity (Wildman–Crippen MR) is 246 cm³/mol. The maximum atomic E-state index is 13.6. The van der Waals surface area contributed by atoms with Crippen molar-refractivity contribution in [1.82, 2.24) is 53.6 Å². The van der Waals surface area contributed by atoms with Gasteiger partial charge < -0.3 is 80.1 Å². The number of ether oxygens (including phenoxy) is 5. The number of aliphatic hydroxyl groups excluding tert-OH is 3. The Morgan fingerprint density at radius 2 is 1.26 bits per heavy atom. The minimum absolute atomic E-state index is 0.00135. The molecule has 3 aliphatic rings. The number of aliphatic hydroxyl groups is 3. The number of phosphoric acid groups is 4. The van der Waals surface area contributed by atoms with Crippen molar-refractivity contribution >= 4 is 82.5 Å². The van der Waals surface area contributed by atoms with Crippen molar-refractivity contribution < 1.29 is 121 Å². The van der Waals surface area contributed by atoms with Crippen LogP contribution in [0.4, 0.5) is 30.9 Å². The van der Waals surface area contributed by atoms with E-state index in [4.69, 9.17) is 54.2 Å². The third-order valence-electron chi connectivity index (χ3n) is 12.2. The van der Waals surface area contributed by atoms with Crippen molar-refractivity contribution in [3.8, 4) is 0 Å². The van der Waals surface area contributed by atoms with E-state index in [2.05, 4.69) is 53.2 Å². The van der Waals surface area contributed by atoms with Gasteiger partial charge in [-0.25, -0.2) is 38.2 Å². The number of alkyl halides is 3. The molecule has 80 heavy (non-hydrogen) atoms. The zero-order valence-corrected chi connectivity index (χ0v) is 43.8. The molecule has 0 aliphatic carbocycles. The number of anilines is 3. The number of hydrogen-bond acceptors (Lipinski definition) is 30. The number of nitrogens with zero attached hydrogens (tertiary/aromatic N) is 10. The number of nitrogens with two attached hydrogens (primary N) is 3. The molecular weight excluding hydrogens is 1180 g/mol. The monoisotopic (exact) mass is 1230 g/mol. The summed E-state index contributed by atoms with van der Waals surface area (Å²) in [5, 5.41) is 32.9. The smallest absolute Gasteiger partial charge is 0.522 e. The summed E-state index contributed by atoms with van der Waals surface area (Å²) in [6.45, 7) is -5.18. The van der Waals surface area contributed by atoms with Crippen LogP contribution in [0, 0.1) is 5.92 Å². The number of halogens is 3. The number of rotatable bonds is 21. The zero-order valence-electron chi connectivity index (χ0n) is 40.2. The Morgan fingerprint density at radius 3 is 1.91 bits per heavy atom. The number of aromatic nitrogens is 12. The van der Waals surface area contributed by atoms with Crippen LogP contribution in [0.3, 0.4) is 0 Å². The maximum absolute atomic E-state index is 13.6. The lowest BCUT2D eigenvalue weighted by Crippen LogP contribution is -2.39. The number of nitrogens with one attached hydrogen (secondary N) is 2. The van der Waals surface area contributed by atoms with Gasteiger partial charge in [0.2, 0.25) is 24.5 Å². The molecule has 0 spiro atoms. The molecule has 0 saturated carbocycles. The average molecular weight is 1230 g/mol. The number of imidazole rings is 3. The Kier molecular flexibility index (Phi) is 16.4. The van der Waals surface area contributed by atoms with Crippen LogP contribution in [0.1, 0.15) is 18.7 Å². The van der Waals surface area contributed by atoms with Gasteiger partial charge in [0.25, 0.3) is 24.5 Å². The standard InChI is InChI=1S/C34H44F3N15O24P4/c1-49-10-52(26-17(49)28(57)48-33(40)46-26)29-18(53)11(3-67-34(35,36)37)12(71-29)4-69-78(60,61)75-80(64,65)76-79(62,63)70-6-14-21(22(66-2)31(73-14)50-8-43-15-23(38)41-7-42-24(15)50)74-77(58,59)68-5-13-19(54)20(55)30(72-13)51-9-44-16-25(51)45-32(39)47-27(16)56/h7-14,18-22,29-31,53-55H,3-6H2,1-2H3,(H11-,38,39,40,41,42,45,46,47,48,56,57,58,59,60,61,62,63,64,65)/t11-,12-,13-,14-,18-,19-,20-,21-,22-,29-,30-,31-/m1/s1.